The number of ether oxygens (including phenoxy) is 1. The maximum Gasteiger partial charge on any atom is 0.338 e. The van der Waals surface area contributed by atoms with Crippen LogP contribution >= 0.6 is 0 Å². The highest BCUT2D eigenvalue weighted by atomic mass is 19.1. The average molecular weight is 481 g/mol. The van der Waals surface area contributed by atoms with Gasteiger partial charge < -0.3 is 19.7 Å². The molecule has 2 aromatic heterocycles. The molecule has 0 fully saturated rings. The second-order valence-corrected chi connectivity index (χ2v) is 8.21. The predicted molar refractivity (Wildman–Crippen MR) is 130 cm³/mol. The highest BCUT2D eigenvalue weighted by Gasteiger charge is 2.18. The number of nitrogens with one attached hydrogen (secondary N) is 1. The number of methoxy groups -OCH3 is 1. The van der Waals surface area contributed by atoms with E-state index >= 15 is 0 Å². The van der Waals surface area contributed by atoms with E-state index in [1.165, 1.54) is 18.5 Å². The maximum atomic E-state index is 14.6. The number of benzene rings is 2. The van der Waals surface area contributed by atoms with Crippen LogP contribution < -0.4 is 10.1 Å². The van der Waals surface area contributed by atoms with Crippen molar-refractivity contribution in [3.05, 3.63) is 71.2 Å². The quantitative estimate of drug-likeness (QED) is 0.331. The zero-order valence-electron chi connectivity index (χ0n) is 19.7. The zero-order chi connectivity index (χ0) is 25.1. The van der Waals surface area contributed by atoms with Crippen LogP contribution in [0.25, 0.3) is 22.2 Å². The van der Waals surface area contributed by atoms with E-state index in [0.717, 1.165) is 5.69 Å². The molecule has 2 heterocycles. The van der Waals surface area contributed by atoms with E-state index < -0.39 is 11.8 Å². The van der Waals surface area contributed by atoms with Crippen LogP contribution in [0.4, 0.5) is 14.6 Å². The summed E-state index contributed by atoms with van der Waals surface area (Å²) in [6.07, 6.45) is 2.48. The van der Waals surface area contributed by atoms with Crippen molar-refractivity contribution < 1.29 is 23.4 Å². The first-order valence-electron chi connectivity index (χ1n) is 11.3. The standard InChI is InChI=1S/C26H26F2N4O3/c1-4-5-16-11-17(12-20(28)24(16)26(33)34)21-13-23(31-14-30-21)29-8-9-32-15(2)10-18-22(35-3)7-6-19(27)25(18)32/h6-7,10-14H,4-5,8-9H2,1-3H3,(H,33,34)(H,29,30,31). The maximum absolute atomic E-state index is 14.6. The van der Waals surface area contributed by atoms with E-state index in [2.05, 4.69) is 15.3 Å². The topological polar surface area (TPSA) is 89.3 Å². The van der Waals surface area contributed by atoms with Crippen LogP contribution in [0, 0.1) is 18.6 Å². The molecule has 0 amide bonds. The van der Waals surface area contributed by atoms with Crippen molar-refractivity contribution in [1.82, 2.24) is 14.5 Å². The molecular formula is C26H26F2N4O3. The predicted octanol–water partition coefficient (Wildman–Crippen LogP) is 5.46. The molecular weight excluding hydrogens is 454 g/mol. The Kier molecular flexibility index (Phi) is 6.95. The molecule has 0 aliphatic carbocycles. The van der Waals surface area contributed by atoms with Crippen LogP contribution in [0.15, 0.2) is 42.7 Å². The molecule has 9 heteroatoms. The molecule has 35 heavy (non-hydrogen) atoms. The molecule has 0 spiro atoms. The summed E-state index contributed by atoms with van der Waals surface area (Å²) in [5.41, 5.74) is 2.43. The third-order valence-corrected chi connectivity index (χ3v) is 5.91. The molecule has 0 saturated heterocycles. The SMILES string of the molecule is CCCc1cc(-c2cc(NCCn3c(C)cc4c(OC)ccc(F)c43)ncn2)cc(F)c1C(=O)O. The summed E-state index contributed by atoms with van der Waals surface area (Å²) in [6, 6.07) is 9.41. The Labute approximate surface area is 201 Å². The van der Waals surface area contributed by atoms with Crippen molar-refractivity contribution in [2.75, 3.05) is 19.0 Å². The summed E-state index contributed by atoms with van der Waals surface area (Å²) < 4.78 is 36.4. The number of hydrogen-bond acceptors (Lipinski definition) is 5. The molecule has 2 aromatic carbocycles. The van der Waals surface area contributed by atoms with Gasteiger partial charge in [-0.05, 0) is 49.2 Å². The highest BCUT2D eigenvalue weighted by molar-refractivity contribution is 5.91. The van der Waals surface area contributed by atoms with E-state index in [9.17, 15) is 18.7 Å². The van der Waals surface area contributed by atoms with E-state index in [-0.39, 0.29) is 11.4 Å². The molecule has 4 aromatic rings. The summed E-state index contributed by atoms with van der Waals surface area (Å²) in [5, 5.41) is 13.3. The van der Waals surface area contributed by atoms with E-state index in [4.69, 9.17) is 4.74 Å². The number of hydrogen-bond donors (Lipinski definition) is 2. The molecule has 0 saturated carbocycles. The van der Waals surface area contributed by atoms with Crippen molar-refractivity contribution in [3.8, 4) is 17.0 Å². The average Bonchev–Trinajstić information content (AvgIpc) is 3.16. The minimum absolute atomic E-state index is 0.304. The number of fused-ring (bicyclic) bond motifs is 1. The van der Waals surface area contributed by atoms with Crippen LogP contribution in [-0.4, -0.2) is 39.3 Å². The van der Waals surface area contributed by atoms with Gasteiger partial charge in [-0.25, -0.2) is 23.5 Å². The minimum atomic E-state index is -1.29. The van der Waals surface area contributed by atoms with Gasteiger partial charge >= 0.3 is 5.97 Å². The third kappa shape index (κ3) is 4.80. The number of carboxylic acid groups (broad SMARTS) is 1. The lowest BCUT2D eigenvalue weighted by atomic mass is 9.98. The van der Waals surface area contributed by atoms with Gasteiger partial charge in [0, 0.05) is 35.8 Å². The number of aromatic carboxylic acids is 1. The number of halogens is 2. The second-order valence-electron chi connectivity index (χ2n) is 8.21. The first kappa shape index (κ1) is 24.1. The van der Waals surface area contributed by atoms with Gasteiger partial charge in [0.05, 0.1) is 23.9 Å². The van der Waals surface area contributed by atoms with Gasteiger partial charge in [0.2, 0.25) is 0 Å². The lowest BCUT2D eigenvalue weighted by Gasteiger charge is -2.12. The largest absolute Gasteiger partial charge is 0.496 e. The Bertz CT molecular complexity index is 1400. The molecule has 0 radical (unpaired) electrons. The van der Waals surface area contributed by atoms with Crippen LogP contribution in [0.1, 0.15) is 35.0 Å². The molecule has 7 nitrogen and oxygen atoms in total. The monoisotopic (exact) mass is 480 g/mol. The van der Waals surface area contributed by atoms with Gasteiger partial charge in [0.15, 0.2) is 0 Å². The first-order valence-corrected chi connectivity index (χ1v) is 11.3. The normalized spacial score (nSPS) is 11.1. The molecule has 4 rings (SSSR count). The Morgan fingerprint density at radius 3 is 2.66 bits per heavy atom. The number of carbonyl (C=O) groups is 1. The zero-order valence-corrected chi connectivity index (χ0v) is 19.7. The molecule has 0 unspecified atom stereocenters. The van der Waals surface area contributed by atoms with Crippen molar-refractivity contribution in [2.24, 2.45) is 0 Å². The summed E-state index contributed by atoms with van der Waals surface area (Å²) >= 11 is 0. The fraction of sp³-hybridized carbons (Fsp3) is 0.269. The lowest BCUT2D eigenvalue weighted by Crippen LogP contribution is -2.13. The van der Waals surface area contributed by atoms with Gasteiger partial charge in [-0.1, -0.05) is 13.3 Å². The highest BCUT2D eigenvalue weighted by Crippen LogP contribution is 2.31. The van der Waals surface area contributed by atoms with Gasteiger partial charge in [0.1, 0.15) is 29.5 Å². The molecule has 0 atom stereocenters. The first-order chi connectivity index (χ1) is 16.8. The summed E-state index contributed by atoms with van der Waals surface area (Å²) in [7, 11) is 1.56. The number of anilines is 1. The summed E-state index contributed by atoms with van der Waals surface area (Å²) in [4.78, 5) is 20.0. The summed E-state index contributed by atoms with van der Waals surface area (Å²) in [6.45, 7) is 4.73. The number of rotatable bonds is 9. The van der Waals surface area contributed by atoms with E-state index in [0.29, 0.717) is 65.2 Å². The molecule has 182 valence electrons. The van der Waals surface area contributed by atoms with E-state index in [1.807, 2.05) is 24.5 Å². The van der Waals surface area contributed by atoms with Crippen molar-refractivity contribution in [1.29, 1.82) is 0 Å². The number of nitrogens with zero attached hydrogens (tertiary/aromatic N) is 3. The molecule has 0 bridgehead atoms. The van der Waals surface area contributed by atoms with Crippen LogP contribution in [0.2, 0.25) is 0 Å². The second kappa shape index (κ2) is 10.1. The number of carboxylic acids is 1. The third-order valence-electron chi connectivity index (χ3n) is 5.91. The lowest BCUT2D eigenvalue weighted by molar-refractivity contribution is 0.0690. The summed E-state index contributed by atoms with van der Waals surface area (Å²) in [5.74, 6) is -1.28. The Hall–Kier alpha value is -4.01. The van der Waals surface area contributed by atoms with Crippen molar-refractivity contribution >= 4 is 22.7 Å². The van der Waals surface area contributed by atoms with Crippen LogP contribution in [0.5, 0.6) is 5.75 Å². The Morgan fingerprint density at radius 2 is 1.94 bits per heavy atom. The Balaban J connectivity index is 1.56. The molecule has 0 aliphatic heterocycles. The molecule has 2 N–H and O–H groups in total. The number of aryl methyl sites for hydroxylation is 2. The van der Waals surface area contributed by atoms with Gasteiger partial charge in [-0.15, -0.1) is 0 Å². The van der Waals surface area contributed by atoms with Gasteiger partial charge in [-0.3, -0.25) is 0 Å². The molecule has 0 aliphatic rings. The number of aromatic nitrogens is 3. The van der Waals surface area contributed by atoms with Crippen LogP contribution in [0.3, 0.4) is 0 Å². The minimum Gasteiger partial charge on any atom is -0.496 e. The Morgan fingerprint density at radius 1 is 1.14 bits per heavy atom. The van der Waals surface area contributed by atoms with Gasteiger partial charge in [0.25, 0.3) is 0 Å². The van der Waals surface area contributed by atoms with Crippen molar-refractivity contribution in [2.45, 2.75) is 33.2 Å². The fourth-order valence-corrected chi connectivity index (χ4v) is 4.33. The fourth-order valence-electron chi connectivity index (χ4n) is 4.33. The van der Waals surface area contributed by atoms with Gasteiger partial charge in [-0.2, -0.15) is 0 Å². The van der Waals surface area contributed by atoms with Crippen LogP contribution in [-0.2, 0) is 13.0 Å². The smallest absolute Gasteiger partial charge is 0.338 e. The van der Waals surface area contributed by atoms with E-state index in [1.54, 1.807) is 25.3 Å². The van der Waals surface area contributed by atoms with Crippen molar-refractivity contribution in [3.63, 3.8) is 0 Å².